The number of primary amides is 1. The van der Waals surface area contributed by atoms with Crippen LogP contribution < -0.4 is 11.1 Å². The Bertz CT molecular complexity index is 532. The van der Waals surface area contributed by atoms with Gasteiger partial charge < -0.3 is 11.1 Å². The zero-order valence-electron chi connectivity index (χ0n) is 9.81. The fourth-order valence-corrected chi connectivity index (χ4v) is 1.84. The Morgan fingerprint density at radius 3 is 3.00 bits per heavy atom. The van der Waals surface area contributed by atoms with Crippen LogP contribution in [0.1, 0.15) is 12.1 Å². The lowest BCUT2D eigenvalue weighted by Gasteiger charge is -2.00. The van der Waals surface area contributed by atoms with E-state index in [0.717, 1.165) is 16.6 Å². The van der Waals surface area contributed by atoms with E-state index in [2.05, 4.69) is 10.4 Å². The van der Waals surface area contributed by atoms with Gasteiger partial charge in [-0.1, -0.05) is 18.2 Å². The number of rotatable bonds is 5. The minimum absolute atomic E-state index is 0.289. The molecule has 5 heteroatoms. The summed E-state index contributed by atoms with van der Waals surface area (Å²) in [5.41, 5.74) is 7.17. The van der Waals surface area contributed by atoms with Gasteiger partial charge in [0, 0.05) is 31.9 Å². The van der Waals surface area contributed by atoms with E-state index in [0.29, 0.717) is 19.5 Å². The van der Waals surface area contributed by atoms with Crippen molar-refractivity contribution >= 4 is 16.8 Å². The molecule has 1 heterocycles. The van der Waals surface area contributed by atoms with E-state index in [9.17, 15) is 4.79 Å². The number of carbonyl (C=O) groups excluding carboxylic acids is 1. The first kappa shape index (κ1) is 11.6. The third kappa shape index (κ3) is 2.62. The van der Waals surface area contributed by atoms with Crippen LogP contribution in [-0.4, -0.2) is 22.2 Å². The highest BCUT2D eigenvalue weighted by Gasteiger charge is 2.06. The van der Waals surface area contributed by atoms with Gasteiger partial charge in [0.05, 0.1) is 11.2 Å². The van der Waals surface area contributed by atoms with Crippen LogP contribution in [0.5, 0.6) is 0 Å². The predicted octanol–water partition coefficient (Wildman–Crippen LogP) is 0.538. The Hall–Kier alpha value is -1.88. The minimum Gasteiger partial charge on any atom is -0.370 e. The molecule has 0 aliphatic rings. The Morgan fingerprint density at radius 2 is 2.24 bits per heavy atom. The van der Waals surface area contributed by atoms with Gasteiger partial charge >= 0.3 is 0 Å². The molecular formula is C12H16N4O. The fraction of sp³-hybridized carbons (Fsp3) is 0.333. The molecule has 0 unspecified atom stereocenters. The smallest absolute Gasteiger partial charge is 0.218 e. The lowest BCUT2D eigenvalue weighted by molar-refractivity contribution is -0.117. The normalized spacial score (nSPS) is 10.9. The molecule has 0 radical (unpaired) electrons. The zero-order valence-corrected chi connectivity index (χ0v) is 9.81. The van der Waals surface area contributed by atoms with Crippen LogP contribution in [0.3, 0.4) is 0 Å². The summed E-state index contributed by atoms with van der Waals surface area (Å²) in [7, 11) is 1.93. The Balaban J connectivity index is 2.06. The molecule has 0 spiro atoms. The average molecular weight is 232 g/mol. The van der Waals surface area contributed by atoms with Gasteiger partial charge in [0.15, 0.2) is 0 Å². The molecule has 0 aliphatic carbocycles. The van der Waals surface area contributed by atoms with E-state index in [4.69, 9.17) is 5.73 Å². The zero-order chi connectivity index (χ0) is 12.3. The molecule has 2 rings (SSSR count). The Morgan fingerprint density at radius 1 is 1.47 bits per heavy atom. The summed E-state index contributed by atoms with van der Waals surface area (Å²) in [6.45, 7) is 1.23. The molecule has 90 valence electrons. The Kier molecular flexibility index (Phi) is 3.39. The van der Waals surface area contributed by atoms with Crippen molar-refractivity contribution in [3.8, 4) is 0 Å². The van der Waals surface area contributed by atoms with Crippen LogP contribution in [0.15, 0.2) is 24.3 Å². The van der Waals surface area contributed by atoms with Crippen molar-refractivity contribution in [1.29, 1.82) is 0 Å². The predicted molar refractivity (Wildman–Crippen MR) is 66.2 cm³/mol. The quantitative estimate of drug-likeness (QED) is 0.739. The van der Waals surface area contributed by atoms with E-state index in [1.165, 1.54) is 0 Å². The van der Waals surface area contributed by atoms with Gasteiger partial charge in [-0.15, -0.1) is 0 Å². The average Bonchev–Trinajstić information content (AvgIpc) is 2.63. The van der Waals surface area contributed by atoms with Crippen molar-refractivity contribution in [2.24, 2.45) is 12.8 Å². The van der Waals surface area contributed by atoms with E-state index >= 15 is 0 Å². The van der Waals surface area contributed by atoms with E-state index in [1.54, 1.807) is 0 Å². The summed E-state index contributed by atoms with van der Waals surface area (Å²) in [6.07, 6.45) is 0.352. The number of carbonyl (C=O) groups is 1. The molecule has 0 bridgehead atoms. The van der Waals surface area contributed by atoms with Crippen molar-refractivity contribution in [3.63, 3.8) is 0 Å². The summed E-state index contributed by atoms with van der Waals surface area (Å²) in [5, 5.41) is 8.75. The number of hydrogen-bond acceptors (Lipinski definition) is 3. The van der Waals surface area contributed by atoms with Crippen molar-refractivity contribution in [2.45, 2.75) is 13.0 Å². The first-order valence-electron chi connectivity index (χ1n) is 5.58. The van der Waals surface area contributed by atoms with Crippen LogP contribution in [0.25, 0.3) is 10.9 Å². The van der Waals surface area contributed by atoms with Crippen LogP contribution >= 0.6 is 0 Å². The number of aryl methyl sites for hydroxylation is 1. The van der Waals surface area contributed by atoms with Gasteiger partial charge in [0.2, 0.25) is 5.91 Å². The number of aromatic nitrogens is 2. The maximum atomic E-state index is 10.6. The van der Waals surface area contributed by atoms with E-state index in [-0.39, 0.29) is 5.91 Å². The fourth-order valence-electron chi connectivity index (χ4n) is 1.84. The lowest BCUT2D eigenvalue weighted by Crippen LogP contribution is -2.21. The number of fused-ring (bicyclic) bond motifs is 1. The largest absolute Gasteiger partial charge is 0.370 e. The van der Waals surface area contributed by atoms with Crippen molar-refractivity contribution in [2.75, 3.05) is 6.54 Å². The van der Waals surface area contributed by atoms with Gasteiger partial charge in [-0.3, -0.25) is 9.48 Å². The molecule has 3 N–H and O–H groups in total. The summed E-state index contributed by atoms with van der Waals surface area (Å²) in [5.74, 6) is -0.289. The first-order chi connectivity index (χ1) is 8.18. The van der Waals surface area contributed by atoms with Gasteiger partial charge in [0.25, 0.3) is 0 Å². The second-order valence-electron chi connectivity index (χ2n) is 3.98. The number of para-hydroxylation sites is 1. The maximum absolute atomic E-state index is 10.6. The van der Waals surface area contributed by atoms with Gasteiger partial charge in [-0.25, -0.2) is 0 Å². The van der Waals surface area contributed by atoms with E-state index < -0.39 is 0 Å². The highest BCUT2D eigenvalue weighted by molar-refractivity contribution is 5.81. The molecular weight excluding hydrogens is 216 g/mol. The molecule has 1 amide bonds. The third-order valence-electron chi connectivity index (χ3n) is 2.67. The summed E-state index contributed by atoms with van der Waals surface area (Å²) >= 11 is 0. The monoisotopic (exact) mass is 232 g/mol. The van der Waals surface area contributed by atoms with Gasteiger partial charge in [-0.05, 0) is 6.07 Å². The molecule has 0 fully saturated rings. The van der Waals surface area contributed by atoms with Gasteiger partial charge in [0.1, 0.15) is 0 Å². The molecule has 1 aromatic carbocycles. The maximum Gasteiger partial charge on any atom is 0.218 e. The van der Waals surface area contributed by atoms with Crippen molar-refractivity contribution in [3.05, 3.63) is 30.0 Å². The van der Waals surface area contributed by atoms with Crippen molar-refractivity contribution < 1.29 is 4.79 Å². The first-order valence-corrected chi connectivity index (χ1v) is 5.58. The Labute approximate surface area is 99.6 Å². The lowest BCUT2D eigenvalue weighted by atomic mass is 10.2. The van der Waals surface area contributed by atoms with Crippen LogP contribution in [0.2, 0.25) is 0 Å². The minimum atomic E-state index is -0.289. The molecule has 0 atom stereocenters. The number of hydrogen-bond donors (Lipinski definition) is 2. The van der Waals surface area contributed by atoms with Crippen LogP contribution in [-0.2, 0) is 18.4 Å². The molecule has 1 aromatic heterocycles. The van der Waals surface area contributed by atoms with Gasteiger partial charge in [-0.2, -0.15) is 5.10 Å². The van der Waals surface area contributed by atoms with Crippen LogP contribution in [0.4, 0.5) is 0 Å². The second kappa shape index (κ2) is 4.97. The topological polar surface area (TPSA) is 72.9 Å². The molecule has 2 aromatic rings. The number of nitrogens with one attached hydrogen (secondary N) is 1. The highest BCUT2D eigenvalue weighted by atomic mass is 16.1. The third-order valence-corrected chi connectivity index (χ3v) is 2.67. The molecule has 0 aliphatic heterocycles. The standard InChI is InChI=1S/C12H16N4O/c1-16-11-5-3-2-4-9(11)10(15-16)8-14-7-6-12(13)17/h2-5,14H,6-8H2,1H3,(H2,13,17). The number of nitrogens with zero attached hydrogens (tertiary/aromatic N) is 2. The molecule has 17 heavy (non-hydrogen) atoms. The highest BCUT2D eigenvalue weighted by Crippen LogP contribution is 2.16. The molecule has 5 nitrogen and oxygen atoms in total. The molecule has 0 saturated heterocycles. The SMILES string of the molecule is Cn1nc(CNCCC(N)=O)c2ccccc21. The van der Waals surface area contributed by atoms with Crippen LogP contribution in [0, 0.1) is 0 Å². The van der Waals surface area contributed by atoms with Crippen molar-refractivity contribution in [1.82, 2.24) is 15.1 Å². The second-order valence-corrected chi connectivity index (χ2v) is 3.98. The summed E-state index contributed by atoms with van der Waals surface area (Å²) < 4.78 is 1.86. The summed E-state index contributed by atoms with van der Waals surface area (Å²) in [4.78, 5) is 10.6. The van der Waals surface area contributed by atoms with E-state index in [1.807, 2.05) is 36.0 Å². The number of benzene rings is 1. The number of amides is 1. The number of nitrogens with two attached hydrogens (primary N) is 1. The molecule has 0 saturated carbocycles. The summed E-state index contributed by atoms with van der Waals surface area (Å²) in [6, 6.07) is 8.08.